The van der Waals surface area contributed by atoms with Crippen LogP contribution in [0.25, 0.3) is 0 Å². The molecule has 0 saturated carbocycles. The predicted molar refractivity (Wildman–Crippen MR) is 39.1 cm³/mol. The van der Waals surface area contributed by atoms with Crippen LogP contribution in [0.5, 0.6) is 0 Å². The maximum Gasteiger partial charge on any atom is 0.0758 e. The van der Waals surface area contributed by atoms with Gasteiger partial charge in [0.25, 0.3) is 0 Å². The van der Waals surface area contributed by atoms with Gasteiger partial charge in [-0.3, -0.25) is 0 Å². The number of anilines is 2. The molecular formula is C6H11N3. The van der Waals surface area contributed by atoms with Gasteiger partial charge in [0.2, 0.25) is 0 Å². The molecule has 3 heteroatoms. The number of rotatable bonds is 0. The summed E-state index contributed by atoms with van der Waals surface area (Å²) in [6, 6.07) is 0. The molecule has 0 aliphatic rings. The molecular weight excluding hydrogens is 114 g/mol. The van der Waals surface area contributed by atoms with E-state index in [1.165, 1.54) is 0 Å². The van der Waals surface area contributed by atoms with Crippen LogP contribution >= 0.6 is 0 Å². The molecule has 50 valence electrons. The van der Waals surface area contributed by atoms with Gasteiger partial charge in [-0.2, -0.15) is 0 Å². The Hall–Kier alpha value is -1.12. The number of aromatic nitrogens is 1. The Morgan fingerprint density at radius 3 is 1.44 bits per heavy atom. The first kappa shape index (κ1) is 6.01. The summed E-state index contributed by atoms with van der Waals surface area (Å²) in [6.07, 6.45) is 0. The molecule has 0 radical (unpaired) electrons. The molecule has 0 bridgehead atoms. The van der Waals surface area contributed by atoms with Crippen LogP contribution in [0.2, 0.25) is 0 Å². The SMILES string of the molecule is Cc1[nH]c(C)c(N)c1N. The highest BCUT2D eigenvalue weighted by atomic mass is 14.8. The minimum Gasteiger partial charge on any atom is -0.396 e. The maximum absolute atomic E-state index is 5.55. The summed E-state index contributed by atoms with van der Waals surface area (Å²) in [5.74, 6) is 0. The molecule has 0 atom stereocenters. The van der Waals surface area contributed by atoms with E-state index in [9.17, 15) is 0 Å². The van der Waals surface area contributed by atoms with Gasteiger partial charge in [0.05, 0.1) is 11.4 Å². The molecule has 0 aliphatic heterocycles. The van der Waals surface area contributed by atoms with Crippen LogP contribution in [0.1, 0.15) is 11.4 Å². The zero-order chi connectivity index (χ0) is 7.02. The number of hydrogen-bond donors (Lipinski definition) is 3. The molecule has 5 N–H and O–H groups in total. The zero-order valence-corrected chi connectivity index (χ0v) is 5.65. The van der Waals surface area contributed by atoms with Crippen molar-refractivity contribution in [2.45, 2.75) is 13.8 Å². The van der Waals surface area contributed by atoms with Crippen LogP contribution < -0.4 is 11.5 Å². The molecule has 0 fully saturated rings. The lowest BCUT2D eigenvalue weighted by atomic mass is 10.3. The summed E-state index contributed by atoms with van der Waals surface area (Å²) >= 11 is 0. The first-order valence-corrected chi connectivity index (χ1v) is 2.83. The highest BCUT2D eigenvalue weighted by Crippen LogP contribution is 2.21. The summed E-state index contributed by atoms with van der Waals surface area (Å²) in [5.41, 5.74) is 14.3. The van der Waals surface area contributed by atoms with E-state index >= 15 is 0 Å². The number of aromatic amines is 1. The lowest BCUT2D eigenvalue weighted by Gasteiger charge is -1.89. The Morgan fingerprint density at radius 2 is 1.33 bits per heavy atom. The van der Waals surface area contributed by atoms with Crippen LogP contribution in [0.3, 0.4) is 0 Å². The summed E-state index contributed by atoms with van der Waals surface area (Å²) in [7, 11) is 0. The normalized spacial score (nSPS) is 10.0. The van der Waals surface area contributed by atoms with E-state index in [1.54, 1.807) is 0 Å². The Balaban J connectivity index is 3.29. The van der Waals surface area contributed by atoms with Gasteiger partial charge in [0, 0.05) is 11.4 Å². The Bertz CT molecular complexity index is 202. The fraction of sp³-hybridized carbons (Fsp3) is 0.333. The second-order valence-corrected chi connectivity index (χ2v) is 2.20. The van der Waals surface area contributed by atoms with E-state index in [-0.39, 0.29) is 0 Å². The fourth-order valence-corrected chi connectivity index (χ4v) is 0.820. The number of hydrogen-bond acceptors (Lipinski definition) is 2. The van der Waals surface area contributed by atoms with Crippen LogP contribution in [0.4, 0.5) is 11.4 Å². The average molecular weight is 125 g/mol. The van der Waals surface area contributed by atoms with E-state index < -0.39 is 0 Å². The smallest absolute Gasteiger partial charge is 0.0758 e. The average Bonchev–Trinajstić information content (AvgIpc) is 1.98. The highest BCUT2D eigenvalue weighted by molar-refractivity contribution is 5.69. The van der Waals surface area contributed by atoms with E-state index in [4.69, 9.17) is 11.5 Å². The van der Waals surface area contributed by atoms with Crippen molar-refractivity contribution in [1.82, 2.24) is 4.98 Å². The highest BCUT2D eigenvalue weighted by Gasteiger charge is 2.03. The molecule has 1 aromatic rings. The van der Waals surface area contributed by atoms with Crippen molar-refractivity contribution >= 4 is 11.4 Å². The van der Waals surface area contributed by atoms with Crippen molar-refractivity contribution in [2.24, 2.45) is 0 Å². The van der Waals surface area contributed by atoms with E-state index in [1.807, 2.05) is 13.8 Å². The van der Waals surface area contributed by atoms with E-state index in [0.29, 0.717) is 11.4 Å². The Kier molecular flexibility index (Phi) is 1.12. The minimum atomic E-state index is 0.674. The second kappa shape index (κ2) is 1.69. The first-order chi connectivity index (χ1) is 4.13. The summed E-state index contributed by atoms with van der Waals surface area (Å²) in [6.45, 7) is 3.80. The Labute approximate surface area is 54.1 Å². The summed E-state index contributed by atoms with van der Waals surface area (Å²) < 4.78 is 0. The van der Waals surface area contributed by atoms with Gasteiger partial charge < -0.3 is 16.5 Å². The summed E-state index contributed by atoms with van der Waals surface area (Å²) in [4.78, 5) is 3.03. The van der Waals surface area contributed by atoms with Gasteiger partial charge in [-0.05, 0) is 13.8 Å². The zero-order valence-electron chi connectivity index (χ0n) is 5.65. The molecule has 0 aromatic carbocycles. The number of nitrogen functional groups attached to an aromatic ring is 2. The molecule has 3 nitrogen and oxygen atoms in total. The maximum atomic E-state index is 5.55. The summed E-state index contributed by atoms with van der Waals surface area (Å²) in [5, 5.41) is 0. The lowest BCUT2D eigenvalue weighted by Crippen LogP contribution is -1.91. The third kappa shape index (κ3) is 0.740. The monoisotopic (exact) mass is 125 g/mol. The molecule has 0 saturated heterocycles. The van der Waals surface area contributed by atoms with Gasteiger partial charge >= 0.3 is 0 Å². The van der Waals surface area contributed by atoms with Gasteiger partial charge in [0.1, 0.15) is 0 Å². The van der Waals surface area contributed by atoms with E-state index in [2.05, 4.69) is 4.98 Å². The number of aryl methyl sites for hydroxylation is 2. The van der Waals surface area contributed by atoms with Crippen LogP contribution in [0, 0.1) is 13.8 Å². The predicted octanol–water partition coefficient (Wildman–Crippen LogP) is 0.796. The number of nitrogens with one attached hydrogen (secondary N) is 1. The fourth-order valence-electron chi connectivity index (χ4n) is 0.820. The van der Waals surface area contributed by atoms with Gasteiger partial charge in [-0.15, -0.1) is 0 Å². The van der Waals surface area contributed by atoms with Crippen molar-refractivity contribution in [3.8, 4) is 0 Å². The van der Waals surface area contributed by atoms with Crippen molar-refractivity contribution in [2.75, 3.05) is 11.5 Å². The number of nitrogens with two attached hydrogens (primary N) is 2. The van der Waals surface area contributed by atoms with Crippen LogP contribution in [-0.2, 0) is 0 Å². The second-order valence-electron chi connectivity index (χ2n) is 2.20. The third-order valence-corrected chi connectivity index (χ3v) is 1.47. The molecule has 1 aromatic heterocycles. The van der Waals surface area contributed by atoms with Gasteiger partial charge in [0.15, 0.2) is 0 Å². The first-order valence-electron chi connectivity index (χ1n) is 2.83. The lowest BCUT2D eigenvalue weighted by molar-refractivity contribution is 1.19. The minimum absolute atomic E-state index is 0.674. The van der Waals surface area contributed by atoms with Gasteiger partial charge in [-0.25, -0.2) is 0 Å². The van der Waals surface area contributed by atoms with Crippen LogP contribution in [-0.4, -0.2) is 4.98 Å². The van der Waals surface area contributed by atoms with Crippen molar-refractivity contribution in [3.05, 3.63) is 11.4 Å². The Morgan fingerprint density at radius 1 is 1.00 bits per heavy atom. The van der Waals surface area contributed by atoms with E-state index in [0.717, 1.165) is 11.4 Å². The van der Waals surface area contributed by atoms with Crippen LogP contribution in [0.15, 0.2) is 0 Å². The molecule has 0 aliphatic carbocycles. The van der Waals surface area contributed by atoms with Crippen molar-refractivity contribution < 1.29 is 0 Å². The molecule has 0 amide bonds. The quantitative estimate of drug-likeness (QED) is 0.480. The van der Waals surface area contributed by atoms with Gasteiger partial charge in [-0.1, -0.05) is 0 Å². The standard InChI is InChI=1S/C6H11N3/c1-3-5(7)6(8)4(2)9-3/h9H,7-8H2,1-2H3. The topological polar surface area (TPSA) is 67.8 Å². The molecule has 1 heterocycles. The van der Waals surface area contributed by atoms with Crippen molar-refractivity contribution in [1.29, 1.82) is 0 Å². The molecule has 0 spiro atoms. The van der Waals surface area contributed by atoms with Crippen molar-refractivity contribution in [3.63, 3.8) is 0 Å². The molecule has 9 heavy (non-hydrogen) atoms. The third-order valence-electron chi connectivity index (χ3n) is 1.47. The number of H-pyrrole nitrogens is 1. The molecule has 1 rings (SSSR count). The molecule has 0 unspecified atom stereocenters. The largest absolute Gasteiger partial charge is 0.396 e.